The molecule has 1 aliphatic rings. The van der Waals surface area contributed by atoms with Gasteiger partial charge in [-0.05, 0) is 29.8 Å². The minimum atomic E-state index is 0.471. The molecule has 2 N–H and O–H groups in total. The van der Waals surface area contributed by atoms with Crippen molar-refractivity contribution in [2.75, 3.05) is 0 Å². The van der Waals surface area contributed by atoms with Gasteiger partial charge < -0.3 is 10.1 Å². The Bertz CT molecular complexity index is 564. The number of benzene rings is 2. The summed E-state index contributed by atoms with van der Waals surface area (Å²) in [5.74, 6) is 2.05. The van der Waals surface area contributed by atoms with Crippen LogP contribution in [0.5, 0.6) is 11.5 Å². The third-order valence-electron chi connectivity index (χ3n) is 2.79. The van der Waals surface area contributed by atoms with Gasteiger partial charge in [-0.3, -0.25) is 5.41 Å². The molecule has 2 aromatic carbocycles. The molecule has 0 spiro atoms. The molecule has 0 unspecified atom stereocenters. The summed E-state index contributed by atoms with van der Waals surface area (Å²) in [6.45, 7) is 0.736. The summed E-state index contributed by atoms with van der Waals surface area (Å²) in [5.41, 5.74) is 2.08. The van der Waals surface area contributed by atoms with E-state index in [0.717, 1.165) is 29.2 Å². The van der Waals surface area contributed by atoms with Gasteiger partial charge in [-0.2, -0.15) is 0 Å². The smallest absolute Gasteiger partial charge is 0.128 e. The molecule has 2 aromatic rings. The zero-order valence-corrected chi connectivity index (χ0v) is 9.23. The number of nitrogens with one attached hydrogen (secondary N) is 2. The second kappa shape index (κ2) is 3.94. The molecule has 3 heteroatoms. The summed E-state index contributed by atoms with van der Waals surface area (Å²) >= 11 is 0. The lowest BCUT2D eigenvalue weighted by atomic mass is 10.1. The Balaban J connectivity index is 1.90. The van der Waals surface area contributed by atoms with Crippen LogP contribution in [0, 0.1) is 5.41 Å². The SMILES string of the molecule is N=C1NCc2ccc(Oc3ccccc3)cc21. The molecule has 0 radical (unpaired) electrons. The molecule has 3 nitrogen and oxygen atoms in total. The van der Waals surface area contributed by atoms with Crippen LogP contribution in [0.1, 0.15) is 11.1 Å². The molecule has 0 aliphatic carbocycles. The highest BCUT2D eigenvalue weighted by Crippen LogP contribution is 2.25. The molecule has 0 saturated carbocycles. The first kappa shape index (κ1) is 9.90. The molecule has 1 aliphatic heterocycles. The van der Waals surface area contributed by atoms with E-state index >= 15 is 0 Å². The number of hydrogen-bond acceptors (Lipinski definition) is 2. The Morgan fingerprint density at radius 2 is 1.82 bits per heavy atom. The number of ether oxygens (including phenoxy) is 1. The summed E-state index contributed by atoms with van der Waals surface area (Å²) in [6, 6.07) is 15.5. The molecular weight excluding hydrogens is 212 g/mol. The lowest BCUT2D eigenvalue weighted by Crippen LogP contribution is -2.12. The van der Waals surface area contributed by atoms with E-state index in [1.807, 2.05) is 48.5 Å². The highest BCUT2D eigenvalue weighted by molar-refractivity contribution is 6.00. The molecule has 0 saturated heterocycles. The average Bonchev–Trinajstić information content (AvgIpc) is 2.73. The van der Waals surface area contributed by atoms with Crippen LogP contribution in [0.3, 0.4) is 0 Å². The molecule has 84 valence electrons. The normalized spacial score (nSPS) is 13.1. The van der Waals surface area contributed by atoms with Crippen LogP contribution in [-0.4, -0.2) is 5.84 Å². The van der Waals surface area contributed by atoms with Crippen LogP contribution in [0.4, 0.5) is 0 Å². The fourth-order valence-electron chi connectivity index (χ4n) is 1.91. The number of rotatable bonds is 2. The van der Waals surface area contributed by atoms with Crippen LogP contribution < -0.4 is 10.1 Å². The Hall–Kier alpha value is -2.29. The molecule has 0 aromatic heterocycles. The van der Waals surface area contributed by atoms with Gasteiger partial charge in [0.1, 0.15) is 17.3 Å². The first-order valence-corrected chi connectivity index (χ1v) is 5.51. The molecule has 0 fully saturated rings. The van der Waals surface area contributed by atoms with Gasteiger partial charge in [0.15, 0.2) is 0 Å². The Kier molecular flexibility index (Phi) is 2.29. The summed E-state index contributed by atoms with van der Waals surface area (Å²) in [7, 11) is 0. The van der Waals surface area contributed by atoms with Crippen molar-refractivity contribution in [3.8, 4) is 11.5 Å². The largest absolute Gasteiger partial charge is 0.457 e. The Labute approximate surface area is 99.6 Å². The van der Waals surface area contributed by atoms with Crippen molar-refractivity contribution in [1.29, 1.82) is 5.41 Å². The monoisotopic (exact) mass is 224 g/mol. The molecule has 3 rings (SSSR count). The van der Waals surface area contributed by atoms with Gasteiger partial charge in [-0.25, -0.2) is 0 Å². The zero-order chi connectivity index (χ0) is 11.7. The van der Waals surface area contributed by atoms with E-state index in [1.54, 1.807) is 0 Å². The van der Waals surface area contributed by atoms with E-state index in [0.29, 0.717) is 5.84 Å². The third-order valence-corrected chi connectivity index (χ3v) is 2.79. The van der Waals surface area contributed by atoms with Crippen molar-refractivity contribution in [1.82, 2.24) is 5.32 Å². The quantitative estimate of drug-likeness (QED) is 0.823. The molecule has 0 amide bonds. The van der Waals surface area contributed by atoms with Gasteiger partial charge in [0.05, 0.1) is 0 Å². The number of fused-ring (bicyclic) bond motifs is 1. The molecular formula is C14H12N2O. The van der Waals surface area contributed by atoms with E-state index in [2.05, 4.69) is 5.32 Å². The maximum absolute atomic E-state index is 7.74. The fourth-order valence-corrected chi connectivity index (χ4v) is 1.91. The van der Waals surface area contributed by atoms with Gasteiger partial charge in [-0.1, -0.05) is 24.3 Å². The van der Waals surface area contributed by atoms with Crippen molar-refractivity contribution in [3.05, 3.63) is 59.7 Å². The van der Waals surface area contributed by atoms with Crippen molar-refractivity contribution in [3.63, 3.8) is 0 Å². The van der Waals surface area contributed by atoms with E-state index in [-0.39, 0.29) is 0 Å². The first-order valence-electron chi connectivity index (χ1n) is 5.51. The van der Waals surface area contributed by atoms with Crippen LogP contribution in [0.25, 0.3) is 0 Å². The molecule has 0 bridgehead atoms. The summed E-state index contributed by atoms with van der Waals surface area (Å²) in [5, 5.41) is 10.7. The maximum atomic E-state index is 7.74. The summed E-state index contributed by atoms with van der Waals surface area (Å²) < 4.78 is 5.73. The van der Waals surface area contributed by atoms with E-state index in [4.69, 9.17) is 10.1 Å². The maximum Gasteiger partial charge on any atom is 0.128 e. The minimum Gasteiger partial charge on any atom is -0.457 e. The lowest BCUT2D eigenvalue weighted by Gasteiger charge is -2.06. The molecule has 0 atom stereocenters. The number of hydrogen-bond donors (Lipinski definition) is 2. The minimum absolute atomic E-state index is 0.471. The number of para-hydroxylation sites is 1. The second-order valence-corrected chi connectivity index (χ2v) is 3.96. The highest BCUT2D eigenvalue weighted by Gasteiger charge is 2.15. The van der Waals surface area contributed by atoms with Gasteiger partial charge in [0.25, 0.3) is 0 Å². The Morgan fingerprint density at radius 1 is 1.00 bits per heavy atom. The van der Waals surface area contributed by atoms with Gasteiger partial charge in [-0.15, -0.1) is 0 Å². The van der Waals surface area contributed by atoms with E-state index in [1.165, 1.54) is 0 Å². The van der Waals surface area contributed by atoms with Crippen molar-refractivity contribution in [2.45, 2.75) is 6.54 Å². The predicted molar refractivity (Wildman–Crippen MR) is 66.6 cm³/mol. The zero-order valence-electron chi connectivity index (χ0n) is 9.23. The third kappa shape index (κ3) is 1.87. The Morgan fingerprint density at radius 3 is 2.65 bits per heavy atom. The van der Waals surface area contributed by atoms with Crippen LogP contribution in [-0.2, 0) is 6.54 Å². The molecule has 17 heavy (non-hydrogen) atoms. The summed E-state index contributed by atoms with van der Waals surface area (Å²) in [4.78, 5) is 0. The standard InChI is InChI=1S/C14H12N2O/c15-14-13-8-12(7-6-10(13)9-16-14)17-11-4-2-1-3-5-11/h1-8H,9H2,(H2,15,16). The predicted octanol–water partition coefficient (Wildman–Crippen LogP) is 2.91. The van der Waals surface area contributed by atoms with Gasteiger partial charge >= 0.3 is 0 Å². The number of amidine groups is 1. The fraction of sp³-hybridized carbons (Fsp3) is 0.0714. The van der Waals surface area contributed by atoms with E-state index in [9.17, 15) is 0 Å². The second-order valence-electron chi connectivity index (χ2n) is 3.96. The van der Waals surface area contributed by atoms with Crippen molar-refractivity contribution in [2.24, 2.45) is 0 Å². The van der Waals surface area contributed by atoms with E-state index < -0.39 is 0 Å². The van der Waals surface area contributed by atoms with Gasteiger partial charge in [0.2, 0.25) is 0 Å². The van der Waals surface area contributed by atoms with Crippen molar-refractivity contribution < 1.29 is 4.74 Å². The van der Waals surface area contributed by atoms with Crippen LogP contribution >= 0.6 is 0 Å². The van der Waals surface area contributed by atoms with Crippen LogP contribution in [0.15, 0.2) is 48.5 Å². The van der Waals surface area contributed by atoms with Crippen molar-refractivity contribution >= 4 is 5.84 Å². The average molecular weight is 224 g/mol. The molecule has 1 heterocycles. The first-order chi connectivity index (χ1) is 8.33. The topological polar surface area (TPSA) is 45.1 Å². The van der Waals surface area contributed by atoms with Gasteiger partial charge in [0, 0.05) is 12.1 Å². The lowest BCUT2D eigenvalue weighted by molar-refractivity contribution is 0.482. The highest BCUT2D eigenvalue weighted by atomic mass is 16.5. The van der Waals surface area contributed by atoms with Crippen LogP contribution in [0.2, 0.25) is 0 Å². The summed E-state index contributed by atoms with van der Waals surface area (Å²) in [6.07, 6.45) is 0.